The van der Waals surface area contributed by atoms with Gasteiger partial charge in [0.1, 0.15) is 11.1 Å². The molecule has 0 bridgehead atoms. The van der Waals surface area contributed by atoms with Crippen LogP contribution in [0.5, 0.6) is 5.75 Å². The summed E-state index contributed by atoms with van der Waals surface area (Å²) in [6.07, 6.45) is 0. The van der Waals surface area contributed by atoms with Gasteiger partial charge in [0.05, 0.1) is 19.3 Å². The van der Waals surface area contributed by atoms with Crippen LogP contribution in [-0.4, -0.2) is 16.7 Å². The number of ether oxygens (including phenoxy) is 1. The Morgan fingerprint density at radius 3 is 2.81 bits per heavy atom. The molecule has 6 nitrogen and oxygen atoms in total. The van der Waals surface area contributed by atoms with Gasteiger partial charge in [-0.25, -0.2) is 9.36 Å². The number of fused-ring (bicyclic) bond motifs is 1. The van der Waals surface area contributed by atoms with Crippen LogP contribution in [0.4, 0.5) is 0 Å². The molecule has 1 heterocycles. The van der Waals surface area contributed by atoms with E-state index in [2.05, 4.69) is 4.98 Å². The molecule has 0 aliphatic rings. The van der Waals surface area contributed by atoms with E-state index in [0.717, 1.165) is 4.57 Å². The minimum atomic E-state index is -0.520. The van der Waals surface area contributed by atoms with Gasteiger partial charge in [0.25, 0.3) is 5.56 Å². The summed E-state index contributed by atoms with van der Waals surface area (Å²) in [5.74, 6) is 0.418. The van der Waals surface area contributed by atoms with Crippen LogP contribution in [-0.2, 0) is 6.67 Å². The molecule has 6 heteroatoms. The van der Waals surface area contributed by atoms with E-state index in [4.69, 9.17) is 10.5 Å². The monoisotopic (exact) mass is 221 g/mol. The van der Waals surface area contributed by atoms with Crippen molar-refractivity contribution in [2.75, 3.05) is 7.11 Å². The highest BCUT2D eigenvalue weighted by Crippen LogP contribution is 2.18. The molecular formula is C10H11N3O3. The molecule has 16 heavy (non-hydrogen) atoms. The number of aromatic nitrogens is 2. The van der Waals surface area contributed by atoms with Crippen LogP contribution in [0.1, 0.15) is 0 Å². The standard InChI is InChI=1S/C10H11N3O3/c1-16-7-4-2-3-6-8(7)9(14)13(5-11)10(15)12-6/h2-4H,5,11H2,1H3,(H,12,15). The van der Waals surface area contributed by atoms with Crippen LogP contribution in [0, 0.1) is 0 Å². The lowest BCUT2D eigenvalue weighted by molar-refractivity contribution is 0.419. The third-order valence-electron chi connectivity index (χ3n) is 2.37. The van der Waals surface area contributed by atoms with Crippen LogP contribution in [0.25, 0.3) is 10.9 Å². The van der Waals surface area contributed by atoms with E-state index in [0.29, 0.717) is 16.7 Å². The van der Waals surface area contributed by atoms with Crippen LogP contribution in [0.2, 0.25) is 0 Å². The summed E-state index contributed by atoms with van der Waals surface area (Å²) >= 11 is 0. The molecule has 1 aromatic heterocycles. The van der Waals surface area contributed by atoms with Gasteiger partial charge in [0.15, 0.2) is 0 Å². The van der Waals surface area contributed by atoms with Gasteiger partial charge in [0.2, 0.25) is 0 Å². The van der Waals surface area contributed by atoms with Gasteiger partial charge in [-0.15, -0.1) is 0 Å². The predicted octanol–water partition coefficient (Wildman–Crippen LogP) is -0.385. The fourth-order valence-electron chi connectivity index (χ4n) is 1.60. The molecule has 0 fully saturated rings. The van der Waals surface area contributed by atoms with Crippen LogP contribution < -0.4 is 21.7 Å². The van der Waals surface area contributed by atoms with Crippen molar-refractivity contribution in [3.63, 3.8) is 0 Å². The van der Waals surface area contributed by atoms with E-state index in [1.54, 1.807) is 18.2 Å². The summed E-state index contributed by atoms with van der Waals surface area (Å²) in [5.41, 5.74) is 4.81. The van der Waals surface area contributed by atoms with Crippen molar-refractivity contribution in [1.82, 2.24) is 9.55 Å². The zero-order chi connectivity index (χ0) is 11.7. The second kappa shape index (κ2) is 3.82. The highest BCUT2D eigenvalue weighted by atomic mass is 16.5. The maximum atomic E-state index is 11.9. The fourth-order valence-corrected chi connectivity index (χ4v) is 1.60. The molecule has 0 aliphatic carbocycles. The van der Waals surface area contributed by atoms with Crippen LogP contribution in [0.3, 0.4) is 0 Å². The third kappa shape index (κ3) is 1.40. The van der Waals surface area contributed by atoms with Gasteiger partial charge in [-0.1, -0.05) is 6.07 Å². The zero-order valence-corrected chi connectivity index (χ0v) is 8.69. The highest BCUT2D eigenvalue weighted by molar-refractivity contribution is 5.83. The van der Waals surface area contributed by atoms with Crippen molar-refractivity contribution >= 4 is 10.9 Å². The highest BCUT2D eigenvalue weighted by Gasteiger charge is 2.10. The first-order valence-corrected chi connectivity index (χ1v) is 4.69. The van der Waals surface area contributed by atoms with Crippen molar-refractivity contribution in [1.29, 1.82) is 0 Å². The average Bonchev–Trinajstić information content (AvgIpc) is 2.28. The Morgan fingerprint density at radius 1 is 1.44 bits per heavy atom. The fraction of sp³-hybridized carbons (Fsp3) is 0.200. The zero-order valence-electron chi connectivity index (χ0n) is 8.69. The van der Waals surface area contributed by atoms with Crippen molar-refractivity contribution < 1.29 is 4.74 Å². The number of methoxy groups -OCH3 is 1. The first-order valence-electron chi connectivity index (χ1n) is 4.69. The van der Waals surface area contributed by atoms with Gasteiger partial charge in [-0.2, -0.15) is 0 Å². The summed E-state index contributed by atoms with van der Waals surface area (Å²) in [4.78, 5) is 26.0. The summed E-state index contributed by atoms with van der Waals surface area (Å²) in [6.45, 7) is -0.165. The largest absolute Gasteiger partial charge is 0.496 e. The summed E-state index contributed by atoms with van der Waals surface area (Å²) < 4.78 is 5.99. The van der Waals surface area contributed by atoms with E-state index in [1.165, 1.54) is 7.11 Å². The van der Waals surface area contributed by atoms with Crippen LogP contribution >= 0.6 is 0 Å². The maximum Gasteiger partial charge on any atom is 0.329 e. The smallest absolute Gasteiger partial charge is 0.329 e. The van der Waals surface area contributed by atoms with E-state index >= 15 is 0 Å². The van der Waals surface area contributed by atoms with Gasteiger partial charge in [0, 0.05) is 0 Å². The van der Waals surface area contributed by atoms with Gasteiger partial charge >= 0.3 is 5.69 Å². The molecule has 0 atom stereocenters. The number of nitrogens with two attached hydrogens (primary N) is 1. The normalized spacial score (nSPS) is 10.6. The number of nitrogens with one attached hydrogen (secondary N) is 1. The molecule has 2 rings (SSSR count). The molecule has 0 saturated carbocycles. The van der Waals surface area contributed by atoms with E-state index in [9.17, 15) is 9.59 Å². The number of aromatic amines is 1. The molecule has 0 radical (unpaired) electrons. The van der Waals surface area contributed by atoms with E-state index in [-0.39, 0.29) is 6.67 Å². The number of hydrogen-bond acceptors (Lipinski definition) is 4. The summed E-state index contributed by atoms with van der Waals surface area (Å²) in [6, 6.07) is 4.99. The van der Waals surface area contributed by atoms with Gasteiger partial charge in [-0.3, -0.25) is 4.79 Å². The van der Waals surface area contributed by atoms with E-state index in [1.807, 2.05) is 0 Å². The van der Waals surface area contributed by atoms with Crippen molar-refractivity contribution in [2.24, 2.45) is 5.73 Å². The van der Waals surface area contributed by atoms with Crippen molar-refractivity contribution in [2.45, 2.75) is 6.67 Å². The Hall–Kier alpha value is -2.08. The van der Waals surface area contributed by atoms with E-state index < -0.39 is 11.2 Å². The van der Waals surface area contributed by atoms with Crippen LogP contribution in [0.15, 0.2) is 27.8 Å². The Morgan fingerprint density at radius 2 is 2.19 bits per heavy atom. The Bertz CT molecular complexity index is 642. The number of nitrogens with zero attached hydrogens (tertiary/aromatic N) is 1. The SMILES string of the molecule is COc1cccc2[nH]c(=O)n(CN)c(=O)c12. The quantitative estimate of drug-likeness (QED) is 0.723. The first-order chi connectivity index (χ1) is 7.69. The predicted molar refractivity (Wildman–Crippen MR) is 59.6 cm³/mol. The molecule has 0 spiro atoms. The third-order valence-corrected chi connectivity index (χ3v) is 2.37. The molecule has 2 aromatic rings. The van der Waals surface area contributed by atoms with Gasteiger partial charge in [-0.05, 0) is 12.1 Å². The Labute approximate surface area is 90.3 Å². The van der Waals surface area contributed by atoms with Crippen molar-refractivity contribution in [3.05, 3.63) is 39.0 Å². The minimum absolute atomic E-state index is 0.165. The number of hydrogen-bond donors (Lipinski definition) is 2. The lowest BCUT2D eigenvalue weighted by Crippen LogP contribution is -2.37. The molecule has 0 saturated heterocycles. The number of H-pyrrole nitrogens is 1. The molecule has 3 N–H and O–H groups in total. The van der Waals surface area contributed by atoms with Crippen molar-refractivity contribution in [3.8, 4) is 5.75 Å². The average molecular weight is 221 g/mol. The molecule has 1 aromatic carbocycles. The molecule has 0 aliphatic heterocycles. The summed E-state index contributed by atoms with van der Waals surface area (Å²) in [5, 5.41) is 0.329. The van der Waals surface area contributed by atoms with Gasteiger partial charge < -0.3 is 15.5 Å². The Kier molecular flexibility index (Phi) is 2.49. The molecular weight excluding hydrogens is 210 g/mol. The Balaban J connectivity index is 3.01. The number of rotatable bonds is 2. The molecule has 0 unspecified atom stereocenters. The topological polar surface area (TPSA) is 90.1 Å². The summed E-state index contributed by atoms with van der Waals surface area (Å²) in [7, 11) is 1.46. The lowest BCUT2D eigenvalue weighted by atomic mass is 10.2. The maximum absolute atomic E-state index is 11.9. The second-order valence-corrected chi connectivity index (χ2v) is 3.23. The first kappa shape index (κ1) is 10.4. The second-order valence-electron chi connectivity index (χ2n) is 3.23. The number of benzene rings is 1. The lowest BCUT2D eigenvalue weighted by Gasteiger charge is -2.06. The molecule has 84 valence electrons. The molecule has 0 amide bonds. The minimum Gasteiger partial charge on any atom is -0.496 e.